The zero-order chi connectivity index (χ0) is 23.0. The summed E-state index contributed by atoms with van der Waals surface area (Å²) >= 11 is 0. The summed E-state index contributed by atoms with van der Waals surface area (Å²) in [4.78, 5) is 41.3. The highest BCUT2D eigenvalue weighted by Gasteiger charge is 2.25. The number of anilines is 1. The second-order valence-corrected chi connectivity index (χ2v) is 8.25. The number of carbonyl (C=O) groups is 1. The molecule has 1 aliphatic heterocycles. The van der Waals surface area contributed by atoms with Crippen LogP contribution in [-0.4, -0.2) is 30.6 Å². The van der Waals surface area contributed by atoms with E-state index in [1.54, 1.807) is 23.3 Å². The van der Waals surface area contributed by atoms with E-state index in [9.17, 15) is 9.59 Å². The van der Waals surface area contributed by atoms with Crippen molar-refractivity contribution < 1.29 is 4.79 Å². The molecule has 32 heavy (non-hydrogen) atoms. The van der Waals surface area contributed by atoms with Gasteiger partial charge in [-0.3, -0.25) is 14.6 Å². The average Bonchev–Trinajstić information content (AvgIpc) is 3.17. The minimum atomic E-state index is -0.345. The molecule has 1 amide bonds. The third-order valence-electron chi connectivity index (χ3n) is 5.53. The van der Waals surface area contributed by atoms with E-state index >= 15 is 0 Å². The predicted molar refractivity (Wildman–Crippen MR) is 119 cm³/mol. The lowest BCUT2D eigenvalue weighted by Crippen LogP contribution is -2.40. The molecule has 10 nitrogen and oxygen atoms in total. The van der Waals surface area contributed by atoms with Crippen molar-refractivity contribution in [2.45, 2.75) is 52.7 Å². The number of aromatic nitrogens is 5. The molecule has 10 heteroatoms. The Morgan fingerprint density at radius 1 is 1.28 bits per heavy atom. The fourth-order valence-electron chi connectivity index (χ4n) is 3.88. The number of nitrogens with zero attached hydrogens (tertiary/aromatic N) is 5. The Kier molecular flexibility index (Phi) is 5.60. The lowest BCUT2D eigenvalue weighted by molar-refractivity contribution is -0.116. The van der Waals surface area contributed by atoms with Gasteiger partial charge in [0, 0.05) is 59.0 Å². The summed E-state index contributed by atoms with van der Waals surface area (Å²) in [5.41, 5.74) is 9.54. The standard InChI is InChI=1S/C22H26N8O2/c1-11(2)30-19-17(10-27-30)15(6-18(29-19)14-7-25-22(23)26-8-14)20(31)24-9-16-12(3)5-13(4)28-21(16)32/h5,7-8,10-11,18H,6,9H2,1-4H3,(H,24,31)(H,28,32)(H2,23,25,26). The molecule has 4 rings (SSSR count). The van der Waals surface area contributed by atoms with Gasteiger partial charge in [-0.05, 0) is 39.3 Å². The van der Waals surface area contributed by atoms with Crippen LogP contribution in [0, 0.1) is 13.8 Å². The van der Waals surface area contributed by atoms with Crippen LogP contribution in [0.5, 0.6) is 0 Å². The van der Waals surface area contributed by atoms with Crippen LogP contribution in [0.4, 0.5) is 5.95 Å². The van der Waals surface area contributed by atoms with Gasteiger partial charge < -0.3 is 16.0 Å². The lowest BCUT2D eigenvalue weighted by atomic mass is 9.97. The molecule has 0 bridgehead atoms. The molecule has 1 unspecified atom stereocenters. The Balaban J connectivity index is 1.71. The first-order chi connectivity index (χ1) is 15.2. The Hall–Kier alpha value is -3.82. The number of aryl methyl sites for hydroxylation is 2. The second-order valence-electron chi connectivity index (χ2n) is 8.25. The van der Waals surface area contributed by atoms with Crippen molar-refractivity contribution in [3.05, 3.63) is 68.1 Å². The number of amides is 1. The van der Waals surface area contributed by atoms with Crippen LogP contribution < -0.4 is 27.3 Å². The van der Waals surface area contributed by atoms with Gasteiger partial charge in [-0.25, -0.2) is 14.6 Å². The maximum absolute atomic E-state index is 13.2. The van der Waals surface area contributed by atoms with E-state index in [0.717, 1.165) is 16.8 Å². The van der Waals surface area contributed by atoms with Gasteiger partial charge in [0.1, 0.15) is 0 Å². The third kappa shape index (κ3) is 4.03. The number of fused-ring (bicyclic) bond motifs is 1. The minimum absolute atomic E-state index is 0.0713. The number of rotatable bonds is 5. The second kappa shape index (κ2) is 8.37. The minimum Gasteiger partial charge on any atom is -0.368 e. The fraction of sp³-hybridized carbons (Fsp3) is 0.364. The van der Waals surface area contributed by atoms with E-state index in [-0.39, 0.29) is 36.0 Å². The highest BCUT2D eigenvalue weighted by Crippen LogP contribution is 2.26. The molecule has 0 saturated heterocycles. The molecule has 0 spiro atoms. The third-order valence-corrected chi connectivity index (χ3v) is 5.53. The van der Waals surface area contributed by atoms with Crippen molar-refractivity contribution in [1.82, 2.24) is 30.0 Å². The quantitative estimate of drug-likeness (QED) is 0.529. The fourth-order valence-corrected chi connectivity index (χ4v) is 3.88. The van der Waals surface area contributed by atoms with Gasteiger partial charge in [-0.2, -0.15) is 5.10 Å². The highest BCUT2D eigenvalue weighted by atomic mass is 16.2. The number of carbonyl (C=O) groups excluding carboxylic acids is 1. The number of hydrogen-bond donors (Lipinski definition) is 3. The first-order valence-electron chi connectivity index (χ1n) is 10.4. The molecule has 4 N–H and O–H groups in total. The summed E-state index contributed by atoms with van der Waals surface area (Å²) in [6, 6.07) is 1.61. The van der Waals surface area contributed by atoms with Crippen LogP contribution in [0.25, 0.3) is 5.57 Å². The van der Waals surface area contributed by atoms with Crippen molar-refractivity contribution >= 4 is 17.4 Å². The largest absolute Gasteiger partial charge is 0.368 e. The summed E-state index contributed by atoms with van der Waals surface area (Å²) in [6.07, 6.45) is 5.29. The average molecular weight is 435 g/mol. The highest BCUT2D eigenvalue weighted by molar-refractivity contribution is 6.13. The zero-order valence-electron chi connectivity index (χ0n) is 18.5. The molecule has 1 atom stereocenters. The van der Waals surface area contributed by atoms with Crippen LogP contribution in [0.1, 0.15) is 54.7 Å². The Morgan fingerprint density at radius 3 is 2.66 bits per heavy atom. The van der Waals surface area contributed by atoms with E-state index in [2.05, 4.69) is 25.4 Å². The molecule has 0 fully saturated rings. The van der Waals surface area contributed by atoms with Gasteiger partial charge in [0.2, 0.25) is 11.9 Å². The van der Waals surface area contributed by atoms with Crippen molar-refractivity contribution in [3.8, 4) is 0 Å². The normalized spacial score (nSPS) is 15.4. The van der Waals surface area contributed by atoms with E-state index in [0.29, 0.717) is 28.3 Å². The maximum Gasteiger partial charge on any atom is 0.253 e. The van der Waals surface area contributed by atoms with E-state index in [1.807, 2.05) is 33.8 Å². The number of nitrogens with two attached hydrogens (primary N) is 1. The molecule has 1 aliphatic rings. The number of aromatic amines is 1. The number of H-pyrrole nitrogens is 1. The van der Waals surface area contributed by atoms with E-state index in [1.165, 1.54) is 0 Å². The Labute approximate surface area is 184 Å². The zero-order valence-corrected chi connectivity index (χ0v) is 18.5. The lowest BCUT2D eigenvalue weighted by Gasteiger charge is -2.19. The van der Waals surface area contributed by atoms with Gasteiger partial charge in [-0.15, -0.1) is 0 Å². The van der Waals surface area contributed by atoms with Crippen molar-refractivity contribution in [3.63, 3.8) is 0 Å². The molecule has 0 radical (unpaired) electrons. The van der Waals surface area contributed by atoms with Crippen LogP contribution in [0.15, 0.2) is 34.4 Å². The predicted octanol–water partition coefficient (Wildman–Crippen LogP) is 0.373. The molecular formula is C22H26N8O2. The number of pyridine rings is 1. The summed E-state index contributed by atoms with van der Waals surface area (Å²) in [6.45, 7) is 7.82. The number of nitrogen functional groups attached to an aromatic ring is 1. The smallest absolute Gasteiger partial charge is 0.253 e. The molecule has 3 aromatic rings. The molecule has 4 heterocycles. The molecule has 0 saturated carbocycles. The summed E-state index contributed by atoms with van der Waals surface area (Å²) < 4.78 is 1.79. The first kappa shape index (κ1) is 21.4. The SMILES string of the molecule is Cc1cc(C)c(CNC(=O)C2=c3cnn(C(C)C)c3=NC(c3cnc(N)nc3)C2)c(=O)[nH]1. The number of nitrogens with one attached hydrogen (secondary N) is 2. The molecule has 0 aliphatic carbocycles. The van der Waals surface area contributed by atoms with Gasteiger partial charge in [0.05, 0.1) is 12.2 Å². The van der Waals surface area contributed by atoms with Crippen molar-refractivity contribution in [2.75, 3.05) is 5.73 Å². The van der Waals surface area contributed by atoms with Gasteiger partial charge >= 0.3 is 0 Å². The summed E-state index contributed by atoms with van der Waals surface area (Å²) in [5.74, 6) is -0.0803. The van der Waals surface area contributed by atoms with Crippen LogP contribution >= 0.6 is 0 Å². The Bertz CT molecular complexity index is 1350. The van der Waals surface area contributed by atoms with Crippen LogP contribution in [-0.2, 0) is 11.3 Å². The van der Waals surface area contributed by atoms with E-state index < -0.39 is 0 Å². The van der Waals surface area contributed by atoms with Crippen LogP contribution in [0.2, 0.25) is 0 Å². The molecular weight excluding hydrogens is 408 g/mol. The van der Waals surface area contributed by atoms with Crippen LogP contribution in [0.3, 0.4) is 0 Å². The maximum atomic E-state index is 13.2. The Morgan fingerprint density at radius 2 is 2.00 bits per heavy atom. The van der Waals surface area contributed by atoms with Crippen molar-refractivity contribution in [2.24, 2.45) is 4.99 Å². The number of hydrogen-bond acceptors (Lipinski definition) is 7. The summed E-state index contributed by atoms with van der Waals surface area (Å²) in [5, 5.41) is 8.04. The topological polar surface area (TPSA) is 144 Å². The first-order valence-corrected chi connectivity index (χ1v) is 10.4. The van der Waals surface area contributed by atoms with Gasteiger partial charge in [0.25, 0.3) is 5.56 Å². The summed E-state index contributed by atoms with van der Waals surface area (Å²) in [7, 11) is 0. The van der Waals surface area contributed by atoms with Crippen molar-refractivity contribution in [1.29, 1.82) is 0 Å². The van der Waals surface area contributed by atoms with Gasteiger partial charge in [-0.1, -0.05) is 0 Å². The molecule has 3 aromatic heterocycles. The monoisotopic (exact) mass is 434 g/mol. The molecule has 0 aromatic carbocycles. The van der Waals surface area contributed by atoms with E-state index in [4.69, 9.17) is 10.7 Å². The van der Waals surface area contributed by atoms with Gasteiger partial charge in [0.15, 0.2) is 5.49 Å². The molecule has 166 valence electrons.